The van der Waals surface area contributed by atoms with Gasteiger partial charge in [0.2, 0.25) is 17.7 Å². The Morgan fingerprint density at radius 3 is 1.05 bits per heavy atom. The fraction of sp³-hybridized carbons (Fsp3) is 0.413. The third-order valence-corrected chi connectivity index (χ3v) is 12.0. The minimum atomic E-state index is -1.45. The molecule has 80 heavy (non-hydrogen) atoms. The van der Waals surface area contributed by atoms with E-state index >= 15 is 0 Å². The standard InChI is InChI=1S/C46H55N15O19/c1-2-3-6-23-49-45(63)34(53-46(64)35(52-39-28-32(57(71)72)16-20-43(39)61(79)80)11-5-8-22-48-37-26-30(55(67)68)14-18-41(37)59(75)76)12-9-24-50-44(62)33(51-38-27-31(56(69)70)15-19-42(38)60(77)78)10-4-7-21-47-36-25-29(54(65)66)13-17-40(36)58(73)74/h13-20,25-28,33-35,47-48,51-52H,2-12,21-24H2,1H3,(H,49,63)(H,50,62)(H,53,64). The van der Waals surface area contributed by atoms with Gasteiger partial charge in [-0.3, -0.25) is 95.3 Å². The summed E-state index contributed by atoms with van der Waals surface area (Å²) in [5.41, 5.74) is -5.32. The highest BCUT2D eigenvalue weighted by Crippen LogP contribution is 2.33. The Morgan fingerprint density at radius 1 is 0.375 bits per heavy atom. The van der Waals surface area contributed by atoms with Gasteiger partial charge in [0.1, 0.15) is 40.9 Å². The zero-order chi connectivity index (χ0) is 59.1. The molecule has 0 heterocycles. The molecule has 7 N–H and O–H groups in total. The first-order valence-corrected chi connectivity index (χ1v) is 24.6. The summed E-state index contributed by atoms with van der Waals surface area (Å²) in [6, 6.07) is 6.82. The van der Waals surface area contributed by atoms with Gasteiger partial charge in [-0.25, -0.2) is 0 Å². The van der Waals surface area contributed by atoms with Crippen molar-refractivity contribution in [3.05, 3.63) is 154 Å². The molecule has 0 saturated carbocycles. The monoisotopic (exact) mass is 1120 g/mol. The molecule has 34 heteroatoms. The summed E-state index contributed by atoms with van der Waals surface area (Å²) in [7, 11) is 0. The van der Waals surface area contributed by atoms with Gasteiger partial charge in [-0.2, -0.15) is 0 Å². The number of carbonyl (C=O) groups excluding carboxylic acids is 3. The highest BCUT2D eigenvalue weighted by atomic mass is 16.7. The molecule has 428 valence electrons. The summed E-state index contributed by atoms with van der Waals surface area (Å²) in [6.45, 7) is 1.85. The van der Waals surface area contributed by atoms with Gasteiger partial charge >= 0.3 is 0 Å². The van der Waals surface area contributed by atoms with Crippen molar-refractivity contribution < 1.29 is 53.8 Å². The van der Waals surface area contributed by atoms with Crippen LogP contribution in [-0.4, -0.2) is 101 Å². The lowest BCUT2D eigenvalue weighted by molar-refractivity contribution is -0.388. The Hall–Kier alpha value is -10.3. The van der Waals surface area contributed by atoms with Gasteiger partial charge in [0.15, 0.2) is 0 Å². The number of nitrogens with zero attached hydrogens (tertiary/aromatic N) is 8. The Bertz CT molecular complexity index is 2980. The van der Waals surface area contributed by atoms with Crippen LogP contribution >= 0.6 is 0 Å². The number of nitrogens with one attached hydrogen (secondary N) is 7. The zero-order valence-electron chi connectivity index (χ0n) is 42.6. The largest absolute Gasteiger partial charge is 0.379 e. The van der Waals surface area contributed by atoms with Crippen LogP contribution in [0.4, 0.5) is 68.2 Å². The number of carbonyl (C=O) groups is 3. The lowest BCUT2D eigenvalue weighted by Crippen LogP contribution is -2.51. The minimum Gasteiger partial charge on any atom is -0.379 e. The maximum absolute atomic E-state index is 14.3. The molecule has 0 radical (unpaired) electrons. The van der Waals surface area contributed by atoms with Crippen molar-refractivity contribution in [3.63, 3.8) is 0 Å². The number of amides is 3. The molecule has 0 fully saturated rings. The molecule has 34 nitrogen and oxygen atoms in total. The van der Waals surface area contributed by atoms with Crippen molar-refractivity contribution in [2.24, 2.45) is 0 Å². The maximum atomic E-state index is 14.3. The molecule has 0 aliphatic carbocycles. The Labute approximate surface area is 451 Å². The van der Waals surface area contributed by atoms with Gasteiger partial charge in [-0.05, 0) is 57.8 Å². The zero-order valence-corrected chi connectivity index (χ0v) is 42.6. The first-order valence-electron chi connectivity index (χ1n) is 24.6. The lowest BCUT2D eigenvalue weighted by Gasteiger charge is -2.24. The molecule has 4 rings (SSSR count). The van der Waals surface area contributed by atoms with E-state index in [1.54, 1.807) is 0 Å². The van der Waals surface area contributed by atoms with Gasteiger partial charge in [-0.1, -0.05) is 19.8 Å². The Balaban J connectivity index is 1.55. The number of nitro benzene ring substituents is 8. The number of hydrogen-bond acceptors (Lipinski definition) is 23. The Kier molecular flexibility index (Phi) is 23.7. The van der Waals surface area contributed by atoms with Crippen LogP contribution in [0.3, 0.4) is 0 Å². The third kappa shape index (κ3) is 18.8. The van der Waals surface area contributed by atoms with Gasteiger partial charge in [0.25, 0.3) is 45.5 Å². The molecule has 0 aliphatic heterocycles. The van der Waals surface area contributed by atoms with Gasteiger partial charge in [0, 0.05) is 99.0 Å². The van der Waals surface area contributed by atoms with Crippen LogP contribution in [-0.2, 0) is 14.4 Å². The first kappa shape index (κ1) is 62.2. The van der Waals surface area contributed by atoms with E-state index in [1.807, 2.05) is 6.92 Å². The van der Waals surface area contributed by atoms with E-state index in [0.29, 0.717) is 6.42 Å². The second-order valence-electron chi connectivity index (χ2n) is 17.6. The molecule has 0 aliphatic rings. The molecule has 3 amide bonds. The van der Waals surface area contributed by atoms with E-state index in [-0.39, 0.29) is 88.9 Å². The van der Waals surface area contributed by atoms with Gasteiger partial charge in [0.05, 0.1) is 39.4 Å². The summed E-state index contributed by atoms with van der Waals surface area (Å²) in [6.07, 6.45) is 2.08. The molecule has 0 bridgehead atoms. The van der Waals surface area contributed by atoms with E-state index in [0.717, 1.165) is 85.6 Å². The summed E-state index contributed by atoms with van der Waals surface area (Å²) in [5.74, 6) is -2.37. The summed E-state index contributed by atoms with van der Waals surface area (Å²) >= 11 is 0. The van der Waals surface area contributed by atoms with Crippen LogP contribution in [0.25, 0.3) is 0 Å². The molecular weight excluding hydrogens is 1070 g/mol. The molecule has 0 saturated heterocycles. The SMILES string of the molecule is CCCCCNC(=O)C(CCCNC(=O)C(CCCCNc1cc([N+](=O)[O-])ccc1[N+](=O)[O-])Nc1cc([N+](=O)[O-])ccc1[N+](=O)[O-])NC(=O)C(CCCCNc1cc([N+](=O)[O-])ccc1[N+](=O)[O-])Nc1cc([N+](=O)[O-])ccc1[N+](=O)[O-]. The van der Waals surface area contributed by atoms with Crippen LogP contribution in [0.5, 0.6) is 0 Å². The highest BCUT2D eigenvalue weighted by molar-refractivity contribution is 5.91. The minimum absolute atomic E-state index is 0.00776. The predicted molar refractivity (Wildman–Crippen MR) is 285 cm³/mol. The summed E-state index contributed by atoms with van der Waals surface area (Å²) in [4.78, 5) is 129. The second-order valence-corrected chi connectivity index (χ2v) is 17.6. The number of anilines is 4. The maximum Gasteiger partial charge on any atom is 0.292 e. The summed E-state index contributed by atoms with van der Waals surface area (Å²) < 4.78 is 0. The predicted octanol–water partition coefficient (Wildman–Crippen LogP) is 7.47. The van der Waals surface area contributed by atoms with Crippen LogP contribution in [0.1, 0.15) is 77.6 Å². The van der Waals surface area contributed by atoms with Crippen molar-refractivity contribution in [3.8, 4) is 0 Å². The van der Waals surface area contributed by atoms with E-state index < -0.39 is 132 Å². The number of unbranched alkanes of at least 4 members (excludes halogenated alkanes) is 4. The second kappa shape index (κ2) is 30.4. The quantitative estimate of drug-likeness (QED) is 0.0132. The molecule has 0 spiro atoms. The van der Waals surface area contributed by atoms with Crippen LogP contribution in [0.15, 0.2) is 72.8 Å². The molecule has 0 aromatic heterocycles. The van der Waals surface area contributed by atoms with Gasteiger partial charge in [-0.15, -0.1) is 0 Å². The van der Waals surface area contributed by atoms with Crippen molar-refractivity contribution in [2.45, 2.75) is 95.7 Å². The average Bonchev–Trinajstić information content (AvgIpc) is 3.41. The van der Waals surface area contributed by atoms with E-state index in [1.165, 1.54) is 0 Å². The summed E-state index contributed by atoms with van der Waals surface area (Å²) in [5, 5.41) is 112. The lowest BCUT2D eigenvalue weighted by atomic mass is 10.0. The van der Waals surface area contributed by atoms with E-state index in [2.05, 4.69) is 37.2 Å². The average molecular weight is 1120 g/mol. The van der Waals surface area contributed by atoms with Crippen LogP contribution < -0.4 is 37.2 Å². The molecule has 4 aromatic carbocycles. The fourth-order valence-electron chi connectivity index (χ4n) is 7.90. The van der Waals surface area contributed by atoms with Crippen molar-refractivity contribution in [2.75, 3.05) is 47.4 Å². The normalized spacial score (nSPS) is 11.9. The van der Waals surface area contributed by atoms with Crippen molar-refractivity contribution in [1.82, 2.24) is 16.0 Å². The first-order chi connectivity index (χ1) is 38.0. The molecule has 3 atom stereocenters. The van der Waals surface area contributed by atoms with Crippen molar-refractivity contribution >= 4 is 86.0 Å². The number of hydrogen-bond donors (Lipinski definition) is 7. The smallest absolute Gasteiger partial charge is 0.292 e. The van der Waals surface area contributed by atoms with E-state index in [9.17, 15) is 95.3 Å². The molecular formula is C46H55N15O19. The number of rotatable bonds is 36. The Morgan fingerprint density at radius 2 is 0.688 bits per heavy atom. The molecule has 4 aromatic rings. The fourth-order valence-corrected chi connectivity index (χ4v) is 7.90. The molecule has 3 unspecified atom stereocenters. The number of non-ortho nitro benzene ring substituents is 4. The van der Waals surface area contributed by atoms with Crippen molar-refractivity contribution in [1.29, 1.82) is 0 Å². The highest BCUT2D eigenvalue weighted by Gasteiger charge is 2.30. The number of benzene rings is 4. The third-order valence-electron chi connectivity index (χ3n) is 12.0. The van der Waals surface area contributed by atoms with Crippen LogP contribution in [0.2, 0.25) is 0 Å². The van der Waals surface area contributed by atoms with Gasteiger partial charge < -0.3 is 37.2 Å². The van der Waals surface area contributed by atoms with E-state index in [4.69, 9.17) is 0 Å². The number of nitro groups is 8. The topological polar surface area (TPSA) is 481 Å². The van der Waals surface area contributed by atoms with Crippen LogP contribution in [0, 0.1) is 80.9 Å².